The van der Waals surface area contributed by atoms with Gasteiger partial charge in [-0.2, -0.15) is 4.98 Å². The second kappa shape index (κ2) is 7.84. The predicted molar refractivity (Wildman–Crippen MR) is 94.9 cm³/mol. The molecule has 1 aromatic carbocycles. The molecule has 2 heterocycles. The van der Waals surface area contributed by atoms with Crippen molar-refractivity contribution in [1.82, 2.24) is 15.0 Å². The smallest absolute Gasteiger partial charge is 0.407 e. The minimum absolute atomic E-state index is 0.116. The molecule has 1 saturated heterocycles. The van der Waals surface area contributed by atoms with Crippen molar-refractivity contribution >= 4 is 15.9 Å². The Morgan fingerprint density at radius 3 is 2.64 bits per heavy atom. The van der Waals surface area contributed by atoms with Gasteiger partial charge in [0.1, 0.15) is 16.8 Å². The zero-order valence-electron chi connectivity index (χ0n) is 15.3. The lowest BCUT2D eigenvalue weighted by atomic mass is 10.1. The Bertz CT molecular complexity index is 969. The van der Waals surface area contributed by atoms with Crippen LogP contribution in [0.5, 0.6) is 0 Å². The number of carboxylic acid groups (broad SMARTS) is 1. The van der Waals surface area contributed by atoms with E-state index >= 15 is 0 Å². The van der Waals surface area contributed by atoms with Gasteiger partial charge in [-0.25, -0.2) is 17.6 Å². The van der Waals surface area contributed by atoms with E-state index in [2.05, 4.69) is 10.1 Å². The molecule has 1 amide bonds. The van der Waals surface area contributed by atoms with Crippen molar-refractivity contribution in [3.05, 3.63) is 29.9 Å². The fourth-order valence-electron chi connectivity index (χ4n) is 2.99. The van der Waals surface area contributed by atoms with Crippen molar-refractivity contribution in [1.29, 1.82) is 0 Å². The van der Waals surface area contributed by atoms with Crippen LogP contribution in [-0.2, 0) is 14.6 Å². The average Bonchev–Trinajstić information content (AvgIpc) is 3.11. The van der Waals surface area contributed by atoms with E-state index in [9.17, 15) is 17.6 Å². The Labute approximate surface area is 161 Å². The lowest BCUT2D eigenvalue weighted by Gasteiger charge is -2.30. The number of ether oxygens (including phenoxy) is 1. The van der Waals surface area contributed by atoms with Crippen LogP contribution in [0.3, 0.4) is 0 Å². The number of rotatable bonds is 5. The van der Waals surface area contributed by atoms with Crippen LogP contribution in [0.1, 0.15) is 31.8 Å². The molecule has 1 aliphatic heterocycles. The van der Waals surface area contributed by atoms with Gasteiger partial charge in [0, 0.05) is 24.9 Å². The van der Waals surface area contributed by atoms with E-state index in [0.29, 0.717) is 25.9 Å². The van der Waals surface area contributed by atoms with Gasteiger partial charge in [-0.3, -0.25) is 0 Å². The van der Waals surface area contributed by atoms with Crippen molar-refractivity contribution in [2.45, 2.75) is 36.9 Å². The Balaban J connectivity index is 1.67. The molecular formula is C17H20FN3O6S. The SMILES string of the molecule is CC(OC1CCN(C(=O)O)CC1)c1nc(-c2ccc(S(C)(=O)=O)c(F)c2)no1. The fourth-order valence-corrected chi connectivity index (χ4v) is 3.72. The maximum atomic E-state index is 14.1. The molecule has 152 valence electrons. The molecule has 9 nitrogen and oxygen atoms in total. The maximum Gasteiger partial charge on any atom is 0.407 e. The number of benzene rings is 1. The van der Waals surface area contributed by atoms with Crippen molar-refractivity contribution in [2.24, 2.45) is 0 Å². The van der Waals surface area contributed by atoms with Crippen molar-refractivity contribution in [3.8, 4) is 11.4 Å². The monoisotopic (exact) mass is 413 g/mol. The quantitative estimate of drug-likeness (QED) is 0.793. The highest BCUT2D eigenvalue weighted by molar-refractivity contribution is 7.90. The minimum Gasteiger partial charge on any atom is -0.465 e. The number of carbonyl (C=O) groups is 1. The third kappa shape index (κ3) is 4.47. The lowest BCUT2D eigenvalue weighted by Crippen LogP contribution is -2.40. The first-order valence-corrected chi connectivity index (χ1v) is 10.5. The predicted octanol–water partition coefficient (Wildman–Crippen LogP) is 2.50. The molecule has 0 spiro atoms. The molecule has 1 N–H and O–H groups in total. The van der Waals surface area contributed by atoms with E-state index in [0.717, 1.165) is 18.4 Å². The number of sulfone groups is 1. The summed E-state index contributed by atoms with van der Waals surface area (Å²) in [5.41, 5.74) is 0.280. The number of halogens is 1. The second-order valence-electron chi connectivity index (χ2n) is 6.62. The Hall–Kier alpha value is -2.53. The third-order valence-corrected chi connectivity index (χ3v) is 5.62. The highest BCUT2D eigenvalue weighted by Gasteiger charge is 2.26. The van der Waals surface area contributed by atoms with Crippen LogP contribution in [0, 0.1) is 5.82 Å². The molecule has 0 radical (unpaired) electrons. The Kier molecular flexibility index (Phi) is 5.66. The normalized spacial score (nSPS) is 16.9. The molecular weight excluding hydrogens is 393 g/mol. The number of amides is 1. The first-order valence-electron chi connectivity index (χ1n) is 8.62. The van der Waals surface area contributed by atoms with E-state index in [1.807, 2.05) is 0 Å². The maximum absolute atomic E-state index is 14.1. The van der Waals surface area contributed by atoms with Crippen LogP contribution in [0.4, 0.5) is 9.18 Å². The van der Waals surface area contributed by atoms with Crippen LogP contribution in [-0.4, -0.2) is 60.1 Å². The summed E-state index contributed by atoms with van der Waals surface area (Å²) in [6, 6.07) is 3.60. The van der Waals surface area contributed by atoms with Crippen molar-refractivity contribution in [3.63, 3.8) is 0 Å². The zero-order valence-corrected chi connectivity index (χ0v) is 16.1. The van der Waals surface area contributed by atoms with Gasteiger partial charge < -0.3 is 19.3 Å². The number of hydrogen-bond acceptors (Lipinski definition) is 7. The van der Waals surface area contributed by atoms with Gasteiger partial charge in [-0.05, 0) is 38.0 Å². The van der Waals surface area contributed by atoms with Crippen molar-refractivity contribution < 1.29 is 32.0 Å². The number of hydrogen-bond donors (Lipinski definition) is 1. The molecule has 28 heavy (non-hydrogen) atoms. The second-order valence-corrected chi connectivity index (χ2v) is 8.61. The molecule has 0 aliphatic carbocycles. The van der Waals surface area contributed by atoms with E-state index in [4.69, 9.17) is 14.4 Å². The van der Waals surface area contributed by atoms with Crippen LogP contribution >= 0.6 is 0 Å². The molecule has 11 heteroatoms. The molecule has 1 aromatic heterocycles. The van der Waals surface area contributed by atoms with Gasteiger partial charge in [-0.1, -0.05) is 5.16 Å². The molecule has 0 bridgehead atoms. The van der Waals surface area contributed by atoms with Gasteiger partial charge >= 0.3 is 6.09 Å². The minimum atomic E-state index is -3.67. The summed E-state index contributed by atoms with van der Waals surface area (Å²) in [5, 5.41) is 12.8. The van der Waals surface area contributed by atoms with Gasteiger partial charge in [-0.15, -0.1) is 0 Å². The first-order chi connectivity index (χ1) is 13.1. The highest BCUT2D eigenvalue weighted by atomic mass is 32.2. The van der Waals surface area contributed by atoms with Crippen LogP contribution in [0.2, 0.25) is 0 Å². The molecule has 3 rings (SSSR count). The van der Waals surface area contributed by atoms with Crippen LogP contribution < -0.4 is 0 Å². The topological polar surface area (TPSA) is 123 Å². The Morgan fingerprint density at radius 1 is 1.39 bits per heavy atom. The van der Waals surface area contributed by atoms with E-state index in [1.54, 1.807) is 6.92 Å². The third-order valence-electron chi connectivity index (χ3n) is 4.49. The van der Waals surface area contributed by atoms with Gasteiger partial charge in [0.25, 0.3) is 5.89 Å². The molecule has 0 saturated carbocycles. The van der Waals surface area contributed by atoms with Gasteiger partial charge in [0.2, 0.25) is 5.82 Å². The van der Waals surface area contributed by atoms with E-state index in [-0.39, 0.29) is 23.4 Å². The molecule has 2 aromatic rings. The van der Waals surface area contributed by atoms with E-state index < -0.39 is 32.7 Å². The van der Waals surface area contributed by atoms with Crippen LogP contribution in [0.15, 0.2) is 27.6 Å². The Morgan fingerprint density at radius 2 is 2.07 bits per heavy atom. The standard InChI is InChI=1S/C17H20FN3O6S/c1-10(26-12-5-7-21(8-6-12)17(22)23)16-19-15(20-27-16)11-3-4-14(13(18)9-11)28(2,24)25/h3-4,9-10,12H,5-8H2,1-2H3,(H,22,23). The summed E-state index contributed by atoms with van der Waals surface area (Å²) in [4.78, 5) is 16.1. The summed E-state index contributed by atoms with van der Waals surface area (Å²) in [6.07, 6.45) is 0.459. The summed E-state index contributed by atoms with van der Waals surface area (Å²) >= 11 is 0. The summed E-state index contributed by atoms with van der Waals surface area (Å²) in [7, 11) is -3.67. The van der Waals surface area contributed by atoms with Gasteiger partial charge in [0.15, 0.2) is 9.84 Å². The highest BCUT2D eigenvalue weighted by Crippen LogP contribution is 2.26. The molecule has 1 atom stereocenters. The van der Waals surface area contributed by atoms with Crippen molar-refractivity contribution in [2.75, 3.05) is 19.3 Å². The summed E-state index contributed by atoms with van der Waals surface area (Å²) in [6.45, 7) is 2.52. The first kappa shape index (κ1) is 20.2. The summed E-state index contributed by atoms with van der Waals surface area (Å²) < 4.78 is 48.1. The van der Waals surface area contributed by atoms with Crippen LogP contribution in [0.25, 0.3) is 11.4 Å². The van der Waals surface area contributed by atoms with Gasteiger partial charge in [0.05, 0.1) is 6.10 Å². The number of nitrogens with zero attached hydrogens (tertiary/aromatic N) is 3. The largest absolute Gasteiger partial charge is 0.465 e. The lowest BCUT2D eigenvalue weighted by molar-refractivity contribution is -0.0451. The fraction of sp³-hybridized carbons (Fsp3) is 0.471. The number of piperidine rings is 1. The molecule has 1 unspecified atom stereocenters. The summed E-state index contributed by atoms with van der Waals surface area (Å²) in [5.74, 6) is -0.575. The average molecular weight is 413 g/mol. The zero-order chi connectivity index (χ0) is 20.5. The number of likely N-dealkylation sites (tertiary alicyclic amines) is 1. The van der Waals surface area contributed by atoms with E-state index in [1.165, 1.54) is 11.0 Å². The number of aromatic nitrogens is 2. The molecule has 1 fully saturated rings. The molecule has 1 aliphatic rings.